The molecule has 23 heavy (non-hydrogen) atoms. The zero-order valence-corrected chi connectivity index (χ0v) is 12.7. The average Bonchev–Trinajstić information content (AvgIpc) is 2.62. The molecule has 2 N–H and O–H groups in total. The van der Waals surface area contributed by atoms with Crippen molar-refractivity contribution in [3.8, 4) is 0 Å². The molecule has 0 saturated carbocycles. The second-order valence-electron chi connectivity index (χ2n) is 5.36. The third-order valence-corrected chi connectivity index (χ3v) is 3.74. The minimum atomic E-state index is -0.483. The number of aromatic nitrogens is 1. The van der Waals surface area contributed by atoms with E-state index in [2.05, 4.69) is 15.6 Å². The smallest absolute Gasteiger partial charge is 0.253 e. The van der Waals surface area contributed by atoms with Gasteiger partial charge in [0.1, 0.15) is 11.4 Å². The van der Waals surface area contributed by atoms with Crippen LogP contribution in [0.25, 0.3) is 0 Å². The van der Waals surface area contributed by atoms with E-state index in [4.69, 9.17) is 0 Å². The summed E-state index contributed by atoms with van der Waals surface area (Å²) in [6.07, 6.45) is 1.69. The molecule has 0 unspecified atom stereocenters. The molecule has 0 bridgehead atoms. The first-order valence-corrected chi connectivity index (χ1v) is 7.45. The molecule has 0 aliphatic carbocycles. The molecule has 116 valence electrons. The van der Waals surface area contributed by atoms with Crippen LogP contribution in [0.2, 0.25) is 0 Å². The maximum absolute atomic E-state index is 11.8. The Labute approximate surface area is 133 Å². The Morgan fingerprint density at radius 1 is 0.957 bits per heavy atom. The molecular weight excluding hydrogens is 290 g/mol. The molecule has 0 amide bonds. The van der Waals surface area contributed by atoms with Crippen LogP contribution in [-0.2, 0) is 6.54 Å². The molecule has 2 aromatic carbocycles. The third-order valence-electron chi connectivity index (χ3n) is 3.74. The number of nitrogens with zero attached hydrogens (tertiary/aromatic N) is 1. The first kappa shape index (κ1) is 15.0. The Hall–Kier alpha value is -2.95. The fourth-order valence-corrected chi connectivity index (χ4v) is 2.42. The number of anilines is 2. The van der Waals surface area contributed by atoms with E-state index in [1.165, 1.54) is 0 Å². The lowest BCUT2D eigenvalue weighted by molar-refractivity contribution is 0.878. The highest BCUT2D eigenvalue weighted by Gasteiger charge is 2.22. The normalized spacial score (nSPS) is 12.0. The lowest BCUT2D eigenvalue weighted by Gasteiger charge is -2.19. The minimum absolute atomic E-state index is 0.0603. The highest BCUT2D eigenvalue weighted by Crippen LogP contribution is 2.22. The van der Waals surface area contributed by atoms with Crippen molar-refractivity contribution in [3.05, 3.63) is 86.4 Å². The summed E-state index contributed by atoms with van der Waals surface area (Å²) in [5.74, 6) is 0. The molecule has 3 rings (SSSR count). The van der Waals surface area contributed by atoms with Gasteiger partial charge in [0.05, 0.1) is 12.2 Å². The molecular formula is C18H17N3O2. The third kappa shape index (κ3) is 3.13. The van der Waals surface area contributed by atoms with Crippen molar-refractivity contribution in [2.75, 3.05) is 10.6 Å². The molecule has 5 heteroatoms. The monoisotopic (exact) mass is 307 g/mol. The van der Waals surface area contributed by atoms with Crippen LogP contribution in [0.4, 0.5) is 11.4 Å². The summed E-state index contributed by atoms with van der Waals surface area (Å²) in [4.78, 5) is 27.8. The zero-order chi connectivity index (χ0) is 16.2. The number of hydrogen-bond acceptors (Lipinski definition) is 5. The zero-order valence-electron chi connectivity index (χ0n) is 12.7. The van der Waals surface area contributed by atoms with Crippen LogP contribution >= 0.6 is 0 Å². The molecule has 0 aliphatic heterocycles. The van der Waals surface area contributed by atoms with E-state index in [-0.39, 0.29) is 6.04 Å². The van der Waals surface area contributed by atoms with E-state index in [1.54, 1.807) is 6.20 Å². The first-order valence-electron chi connectivity index (χ1n) is 7.45. The maximum atomic E-state index is 11.8. The Morgan fingerprint density at radius 2 is 1.65 bits per heavy atom. The summed E-state index contributed by atoms with van der Waals surface area (Å²) in [6.45, 7) is 2.36. The molecule has 0 fully saturated rings. The van der Waals surface area contributed by atoms with Crippen LogP contribution < -0.4 is 21.5 Å². The number of nitrogens with one attached hydrogen (secondary N) is 2. The molecule has 3 aromatic rings. The van der Waals surface area contributed by atoms with Gasteiger partial charge in [-0.05, 0) is 24.6 Å². The highest BCUT2D eigenvalue weighted by molar-refractivity contribution is 5.74. The topological polar surface area (TPSA) is 71.1 Å². The van der Waals surface area contributed by atoms with Crippen LogP contribution in [0.1, 0.15) is 24.2 Å². The summed E-state index contributed by atoms with van der Waals surface area (Å²) < 4.78 is 0. The largest absolute Gasteiger partial charge is 0.374 e. The fraction of sp³-hybridized carbons (Fsp3) is 0.167. The van der Waals surface area contributed by atoms with Gasteiger partial charge >= 0.3 is 0 Å². The molecule has 0 spiro atoms. The van der Waals surface area contributed by atoms with Crippen molar-refractivity contribution >= 4 is 11.4 Å². The van der Waals surface area contributed by atoms with Crippen molar-refractivity contribution < 1.29 is 0 Å². The van der Waals surface area contributed by atoms with Crippen LogP contribution in [0.3, 0.4) is 0 Å². The molecule has 5 nitrogen and oxygen atoms in total. The summed E-state index contributed by atoms with van der Waals surface area (Å²) in [6, 6.07) is 15.3. The lowest BCUT2D eigenvalue weighted by atomic mass is 10.1. The minimum Gasteiger partial charge on any atom is -0.374 e. The molecule has 0 aliphatic rings. The molecule has 0 radical (unpaired) electrons. The van der Waals surface area contributed by atoms with E-state index < -0.39 is 10.9 Å². The number of rotatable bonds is 6. The van der Waals surface area contributed by atoms with Gasteiger partial charge in [-0.3, -0.25) is 14.6 Å². The fourth-order valence-electron chi connectivity index (χ4n) is 2.42. The molecule has 1 aromatic heterocycles. The Bertz CT molecular complexity index is 853. The van der Waals surface area contributed by atoms with Gasteiger partial charge in [0.15, 0.2) is 0 Å². The number of benzene rings is 1. The predicted molar refractivity (Wildman–Crippen MR) is 91.4 cm³/mol. The van der Waals surface area contributed by atoms with Gasteiger partial charge in [0, 0.05) is 12.2 Å². The van der Waals surface area contributed by atoms with Gasteiger partial charge in [-0.15, -0.1) is 0 Å². The average molecular weight is 307 g/mol. The van der Waals surface area contributed by atoms with E-state index in [1.807, 2.05) is 55.5 Å². The van der Waals surface area contributed by atoms with Crippen LogP contribution in [0, 0.1) is 0 Å². The molecule has 1 heterocycles. The van der Waals surface area contributed by atoms with Crippen molar-refractivity contribution in [2.45, 2.75) is 19.5 Å². The first-order chi connectivity index (χ1) is 11.2. The highest BCUT2D eigenvalue weighted by atomic mass is 16.2. The van der Waals surface area contributed by atoms with Crippen molar-refractivity contribution in [3.63, 3.8) is 0 Å². The predicted octanol–water partition coefficient (Wildman–Crippen LogP) is 2.46. The van der Waals surface area contributed by atoms with Crippen LogP contribution in [0.15, 0.2) is 64.3 Å². The van der Waals surface area contributed by atoms with Gasteiger partial charge in [0.2, 0.25) is 0 Å². The van der Waals surface area contributed by atoms with E-state index in [0.29, 0.717) is 17.9 Å². The molecule has 1 atom stereocenters. The van der Waals surface area contributed by atoms with Gasteiger partial charge in [-0.2, -0.15) is 0 Å². The second-order valence-corrected chi connectivity index (χ2v) is 5.36. The van der Waals surface area contributed by atoms with Gasteiger partial charge in [0.25, 0.3) is 10.9 Å². The molecule has 0 saturated heterocycles. The summed E-state index contributed by atoms with van der Waals surface area (Å²) in [7, 11) is 0. The van der Waals surface area contributed by atoms with Gasteiger partial charge < -0.3 is 10.6 Å². The standard InChI is InChI=1S/C18H17N3O2/c1-12(13-7-3-2-4-8-13)21-16-15(17(22)18(16)23)20-11-14-9-5-6-10-19-14/h2-10,12,20-21H,11H2,1H3/t12-/m1/s1. The quantitative estimate of drug-likeness (QED) is 0.685. The Balaban J connectivity index is 1.73. The van der Waals surface area contributed by atoms with Crippen LogP contribution in [-0.4, -0.2) is 4.98 Å². The summed E-state index contributed by atoms with van der Waals surface area (Å²) >= 11 is 0. The van der Waals surface area contributed by atoms with Crippen molar-refractivity contribution in [1.29, 1.82) is 0 Å². The summed E-state index contributed by atoms with van der Waals surface area (Å²) in [5.41, 5.74) is 1.59. The second kappa shape index (κ2) is 6.44. The van der Waals surface area contributed by atoms with Crippen molar-refractivity contribution in [2.24, 2.45) is 0 Å². The van der Waals surface area contributed by atoms with Gasteiger partial charge in [-0.1, -0.05) is 36.4 Å². The van der Waals surface area contributed by atoms with Crippen LogP contribution in [0.5, 0.6) is 0 Å². The van der Waals surface area contributed by atoms with Crippen molar-refractivity contribution in [1.82, 2.24) is 4.98 Å². The van der Waals surface area contributed by atoms with E-state index >= 15 is 0 Å². The Kier molecular flexibility index (Phi) is 4.19. The van der Waals surface area contributed by atoms with E-state index in [9.17, 15) is 9.59 Å². The summed E-state index contributed by atoms with van der Waals surface area (Å²) in [5, 5.41) is 6.13. The van der Waals surface area contributed by atoms with E-state index in [0.717, 1.165) is 11.3 Å². The SMILES string of the molecule is C[C@@H](Nc1c(NCc2ccccn2)c(=O)c1=O)c1ccccc1. The van der Waals surface area contributed by atoms with Gasteiger partial charge in [-0.25, -0.2) is 0 Å². The number of hydrogen-bond donors (Lipinski definition) is 2. The Morgan fingerprint density at radius 3 is 2.35 bits per heavy atom. The maximum Gasteiger partial charge on any atom is 0.253 e. The lowest BCUT2D eigenvalue weighted by Crippen LogP contribution is -2.37. The number of pyridine rings is 1.